The summed E-state index contributed by atoms with van der Waals surface area (Å²) in [4.78, 5) is 6.40. The number of nitrogens with zero attached hydrogens (tertiary/aromatic N) is 4. The molecular formula is C15H16F2N4O3. The summed E-state index contributed by atoms with van der Waals surface area (Å²) in [6.07, 6.45) is -2.13. The Morgan fingerprint density at radius 1 is 1.33 bits per heavy atom. The normalized spacial score (nSPS) is 22.7. The van der Waals surface area contributed by atoms with Crippen molar-refractivity contribution in [2.45, 2.75) is 18.9 Å². The third-order valence-electron chi connectivity index (χ3n) is 4.17. The first-order valence-corrected chi connectivity index (χ1v) is 7.57. The lowest BCUT2D eigenvalue weighted by Gasteiger charge is -2.34. The molecule has 2 aromatic rings. The van der Waals surface area contributed by atoms with E-state index in [2.05, 4.69) is 24.5 Å². The van der Waals surface area contributed by atoms with E-state index >= 15 is 0 Å². The maximum absolute atomic E-state index is 13.3. The van der Waals surface area contributed by atoms with Crippen LogP contribution in [0.2, 0.25) is 0 Å². The van der Waals surface area contributed by atoms with Gasteiger partial charge >= 0.3 is 6.29 Å². The fourth-order valence-electron chi connectivity index (χ4n) is 3.04. The molecule has 0 amide bonds. The highest BCUT2D eigenvalue weighted by atomic mass is 19.3. The highest BCUT2D eigenvalue weighted by Crippen LogP contribution is 2.44. The van der Waals surface area contributed by atoms with E-state index in [1.165, 1.54) is 12.4 Å². The molecule has 7 nitrogen and oxygen atoms in total. The molecule has 24 heavy (non-hydrogen) atoms. The SMILES string of the molecule is Cn1ncnc1C1COCCN1Cc1cccc2c1OC(F)(F)O2. The van der Waals surface area contributed by atoms with Crippen molar-refractivity contribution < 1.29 is 23.0 Å². The Balaban J connectivity index is 1.61. The van der Waals surface area contributed by atoms with Gasteiger partial charge in [-0.1, -0.05) is 12.1 Å². The summed E-state index contributed by atoms with van der Waals surface area (Å²) < 4.78 is 43.1. The van der Waals surface area contributed by atoms with Crippen LogP contribution in [0.3, 0.4) is 0 Å². The molecule has 9 heteroatoms. The monoisotopic (exact) mass is 338 g/mol. The van der Waals surface area contributed by atoms with Gasteiger partial charge in [0.2, 0.25) is 0 Å². The minimum absolute atomic E-state index is 0.0565. The molecule has 0 spiro atoms. The van der Waals surface area contributed by atoms with Crippen molar-refractivity contribution in [1.29, 1.82) is 0 Å². The van der Waals surface area contributed by atoms with Crippen molar-refractivity contribution in [3.63, 3.8) is 0 Å². The summed E-state index contributed by atoms with van der Waals surface area (Å²) in [6.45, 7) is 2.11. The zero-order valence-corrected chi connectivity index (χ0v) is 13.0. The van der Waals surface area contributed by atoms with Gasteiger partial charge in [0.25, 0.3) is 0 Å². The summed E-state index contributed by atoms with van der Waals surface area (Å²) in [5.74, 6) is 0.913. The van der Waals surface area contributed by atoms with E-state index in [0.29, 0.717) is 31.9 Å². The maximum Gasteiger partial charge on any atom is 0.586 e. The van der Waals surface area contributed by atoms with Gasteiger partial charge in [-0.3, -0.25) is 9.58 Å². The van der Waals surface area contributed by atoms with E-state index in [1.807, 2.05) is 7.05 Å². The average molecular weight is 338 g/mol. The van der Waals surface area contributed by atoms with Gasteiger partial charge in [-0.2, -0.15) is 5.10 Å². The second kappa shape index (κ2) is 5.67. The first-order valence-electron chi connectivity index (χ1n) is 7.57. The summed E-state index contributed by atoms with van der Waals surface area (Å²) in [6, 6.07) is 4.80. The van der Waals surface area contributed by atoms with Gasteiger partial charge in [-0.15, -0.1) is 8.78 Å². The number of para-hydroxylation sites is 1. The van der Waals surface area contributed by atoms with Crippen LogP contribution in [0.1, 0.15) is 17.4 Å². The Bertz CT molecular complexity index is 752. The summed E-state index contributed by atoms with van der Waals surface area (Å²) >= 11 is 0. The lowest BCUT2D eigenvalue weighted by molar-refractivity contribution is -0.287. The Labute approximate surface area is 136 Å². The fourth-order valence-corrected chi connectivity index (χ4v) is 3.04. The zero-order valence-electron chi connectivity index (χ0n) is 13.0. The molecule has 0 bridgehead atoms. The van der Waals surface area contributed by atoms with Crippen LogP contribution in [0.25, 0.3) is 0 Å². The molecule has 4 rings (SSSR count). The molecule has 1 fully saturated rings. The van der Waals surface area contributed by atoms with Gasteiger partial charge in [0, 0.05) is 25.7 Å². The Hall–Kier alpha value is -2.26. The number of ether oxygens (including phenoxy) is 3. The maximum atomic E-state index is 13.3. The van der Waals surface area contributed by atoms with Crippen LogP contribution in [0, 0.1) is 0 Å². The van der Waals surface area contributed by atoms with Crippen molar-refractivity contribution in [2.24, 2.45) is 7.05 Å². The topological polar surface area (TPSA) is 61.6 Å². The molecule has 3 heterocycles. The van der Waals surface area contributed by atoms with Crippen LogP contribution in [0.5, 0.6) is 11.5 Å². The zero-order chi connectivity index (χ0) is 16.7. The lowest BCUT2D eigenvalue weighted by atomic mass is 10.1. The van der Waals surface area contributed by atoms with Crippen molar-refractivity contribution in [3.8, 4) is 11.5 Å². The molecule has 0 N–H and O–H groups in total. The van der Waals surface area contributed by atoms with Gasteiger partial charge in [0.15, 0.2) is 11.5 Å². The van der Waals surface area contributed by atoms with Crippen LogP contribution in [0.4, 0.5) is 8.78 Å². The Morgan fingerprint density at radius 2 is 2.21 bits per heavy atom. The number of alkyl halides is 2. The third kappa shape index (κ3) is 2.69. The van der Waals surface area contributed by atoms with Gasteiger partial charge in [-0.25, -0.2) is 4.98 Å². The van der Waals surface area contributed by atoms with Crippen LogP contribution in [-0.4, -0.2) is 45.7 Å². The number of morpholine rings is 1. The smallest absolute Gasteiger partial charge is 0.395 e. The summed E-state index contributed by atoms with van der Waals surface area (Å²) in [7, 11) is 1.81. The number of halogens is 2. The third-order valence-corrected chi connectivity index (χ3v) is 4.17. The molecule has 0 aliphatic carbocycles. The molecule has 0 radical (unpaired) electrons. The van der Waals surface area contributed by atoms with Crippen molar-refractivity contribution in [3.05, 3.63) is 35.9 Å². The van der Waals surface area contributed by atoms with Crippen LogP contribution >= 0.6 is 0 Å². The fraction of sp³-hybridized carbons (Fsp3) is 0.467. The Kier molecular flexibility index (Phi) is 3.61. The predicted molar refractivity (Wildman–Crippen MR) is 77.6 cm³/mol. The predicted octanol–water partition coefficient (Wildman–Crippen LogP) is 1.71. The van der Waals surface area contributed by atoms with Crippen molar-refractivity contribution in [1.82, 2.24) is 19.7 Å². The van der Waals surface area contributed by atoms with Gasteiger partial charge in [0.05, 0.1) is 19.3 Å². The van der Waals surface area contributed by atoms with Gasteiger partial charge < -0.3 is 14.2 Å². The van der Waals surface area contributed by atoms with Crippen LogP contribution < -0.4 is 9.47 Å². The highest BCUT2D eigenvalue weighted by molar-refractivity contribution is 5.48. The van der Waals surface area contributed by atoms with E-state index in [4.69, 9.17) is 4.74 Å². The molecule has 1 aromatic heterocycles. The molecule has 2 aliphatic rings. The largest absolute Gasteiger partial charge is 0.586 e. The average Bonchev–Trinajstić information content (AvgIpc) is 3.10. The summed E-state index contributed by atoms with van der Waals surface area (Å²) in [5, 5.41) is 4.09. The second-order valence-corrected chi connectivity index (χ2v) is 5.71. The first kappa shape index (κ1) is 15.3. The number of benzene rings is 1. The van der Waals surface area contributed by atoms with E-state index in [9.17, 15) is 8.78 Å². The molecule has 1 unspecified atom stereocenters. The molecule has 1 atom stereocenters. The first-order chi connectivity index (χ1) is 11.5. The van der Waals surface area contributed by atoms with Gasteiger partial charge in [0.1, 0.15) is 12.2 Å². The molecule has 0 saturated carbocycles. The van der Waals surface area contributed by atoms with E-state index in [0.717, 1.165) is 5.82 Å². The highest BCUT2D eigenvalue weighted by Gasteiger charge is 2.44. The number of aryl methyl sites for hydroxylation is 1. The number of hydrogen-bond donors (Lipinski definition) is 0. The Morgan fingerprint density at radius 3 is 3.00 bits per heavy atom. The van der Waals surface area contributed by atoms with Crippen molar-refractivity contribution >= 4 is 0 Å². The quantitative estimate of drug-likeness (QED) is 0.849. The molecular weight excluding hydrogens is 322 g/mol. The van der Waals surface area contributed by atoms with Gasteiger partial charge in [-0.05, 0) is 6.07 Å². The molecule has 2 aliphatic heterocycles. The molecule has 128 valence electrons. The number of fused-ring (bicyclic) bond motifs is 1. The number of hydrogen-bond acceptors (Lipinski definition) is 6. The second-order valence-electron chi connectivity index (χ2n) is 5.71. The minimum Gasteiger partial charge on any atom is -0.395 e. The lowest BCUT2D eigenvalue weighted by Crippen LogP contribution is -2.40. The van der Waals surface area contributed by atoms with Crippen LogP contribution in [0.15, 0.2) is 24.5 Å². The molecule has 1 aromatic carbocycles. The van der Waals surface area contributed by atoms with E-state index < -0.39 is 6.29 Å². The number of rotatable bonds is 3. The summed E-state index contributed by atoms with van der Waals surface area (Å²) in [5.41, 5.74) is 0.638. The van der Waals surface area contributed by atoms with E-state index in [-0.39, 0.29) is 17.5 Å². The minimum atomic E-state index is -3.62. The van der Waals surface area contributed by atoms with E-state index in [1.54, 1.807) is 16.8 Å². The van der Waals surface area contributed by atoms with Crippen molar-refractivity contribution in [2.75, 3.05) is 19.8 Å². The molecule has 1 saturated heterocycles. The van der Waals surface area contributed by atoms with Crippen LogP contribution in [-0.2, 0) is 18.3 Å². The number of aromatic nitrogens is 3. The standard InChI is InChI=1S/C15H16F2N4O3/c1-20-14(18-9-19-20)11-8-22-6-5-21(11)7-10-3-2-4-12-13(10)24-15(16,17)23-12/h2-4,9,11H,5-8H2,1H3.